The summed E-state index contributed by atoms with van der Waals surface area (Å²) in [5, 5.41) is 9.95. The van der Waals surface area contributed by atoms with Crippen LogP contribution in [0.1, 0.15) is 125 Å². The van der Waals surface area contributed by atoms with Gasteiger partial charge in [0, 0.05) is 81.7 Å². The van der Waals surface area contributed by atoms with Crippen LogP contribution in [-0.2, 0) is 5.41 Å². The third kappa shape index (κ3) is 13.0. The van der Waals surface area contributed by atoms with Gasteiger partial charge in [-0.1, -0.05) is 193 Å². The van der Waals surface area contributed by atoms with E-state index in [1.807, 2.05) is 86.0 Å². The lowest BCUT2D eigenvalue weighted by atomic mass is 9.32. The predicted octanol–water partition coefficient (Wildman–Crippen LogP) is 18.7. The number of halogens is 1. The zero-order valence-corrected chi connectivity index (χ0v) is 62.2. The average Bonchev–Trinajstić information content (AvgIpc) is 0.735. The first-order chi connectivity index (χ1) is 46.2. The molecule has 12 aromatic rings. The van der Waals surface area contributed by atoms with Crippen LogP contribution in [0.5, 0.6) is 5.75 Å². The second kappa shape index (κ2) is 28.1. The van der Waals surface area contributed by atoms with Crippen LogP contribution in [0.2, 0.25) is 0 Å². The van der Waals surface area contributed by atoms with Crippen molar-refractivity contribution in [2.75, 3.05) is 0 Å². The fourth-order valence-corrected chi connectivity index (χ4v) is 17.4. The van der Waals surface area contributed by atoms with Gasteiger partial charge in [-0.15, -0.1) is 0 Å². The predicted molar refractivity (Wildman–Crippen MR) is 420 cm³/mol. The van der Waals surface area contributed by atoms with E-state index in [-0.39, 0.29) is 24.6 Å². The van der Waals surface area contributed by atoms with Crippen LogP contribution in [0, 0.1) is 125 Å². The molecule has 97 heavy (non-hydrogen) atoms. The molecule has 0 atom stereocenters. The highest BCUT2D eigenvalue weighted by atomic mass is 79.9. The van der Waals surface area contributed by atoms with Crippen molar-refractivity contribution in [1.82, 2.24) is 19.9 Å². The Hall–Kier alpha value is -9.23. The van der Waals surface area contributed by atoms with E-state index in [4.69, 9.17) is 0 Å². The Balaban J connectivity index is 0.000000206. The van der Waals surface area contributed by atoms with Crippen molar-refractivity contribution < 1.29 is 5.11 Å². The van der Waals surface area contributed by atoms with Gasteiger partial charge in [-0.25, -0.2) is 0 Å². The van der Waals surface area contributed by atoms with E-state index in [1.54, 1.807) is 12.1 Å². The minimum absolute atomic E-state index is 0.0332. The van der Waals surface area contributed by atoms with Crippen molar-refractivity contribution >= 4 is 62.1 Å². The highest BCUT2D eigenvalue weighted by molar-refractivity contribution is 9.10. The van der Waals surface area contributed by atoms with Crippen LogP contribution in [0.3, 0.4) is 0 Å². The maximum atomic E-state index is 9.95. The van der Waals surface area contributed by atoms with Crippen molar-refractivity contribution in [2.24, 2.45) is 0 Å². The van der Waals surface area contributed by atoms with Gasteiger partial charge in [0.15, 0.2) is 0 Å². The summed E-state index contributed by atoms with van der Waals surface area (Å²) in [6.07, 6.45) is 15.4. The Labute approximate surface area is 587 Å². The number of aryl methyl sites for hydroxylation is 12. The molecule has 0 aliphatic rings. The molecule has 0 unspecified atom stereocenters. The maximum absolute atomic E-state index is 9.95. The second-order valence-electron chi connectivity index (χ2n) is 28.1. The Morgan fingerprint density at radius 3 is 0.784 bits per heavy atom. The van der Waals surface area contributed by atoms with E-state index in [9.17, 15) is 5.11 Å². The number of aromatic nitrogens is 4. The summed E-state index contributed by atoms with van der Waals surface area (Å²) in [5.74, 6) is 0.285. The van der Waals surface area contributed by atoms with Crippen LogP contribution in [0.15, 0.2) is 188 Å². The molecule has 0 aliphatic heterocycles. The van der Waals surface area contributed by atoms with E-state index in [0.717, 1.165) is 22.3 Å². The second-order valence-corrected chi connectivity index (χ2v) is 28.9. The molecule has 0 aliphatic carbocycles. The molecule has 486 valence electrons. The van der Waals surface area contributed by atoms with Crippen molar-refractivity contribution in [1.29, 1.82) is 0 Å². The summed E-state index contributed by atoms with van der Waals surface area (Å²) in [6.45, 7) is 45.5. The number of phenolic OH excluding ortho intramolecular Hbond substituents is 1. The number of aromatic hydroxyl groups is 1. The summed E-state index contributed by atoms with van der Waals surface area (Å²) in [7, 11) is 0. The Morgan fingerprint density at radius 1 is 0.289 bits per heavy atom. The standard InChI is InChI=1S/C52H53BN2O.C37H38BBrN2/c1-31-26-34(4)49(37(7)46(31)40-16-18-43(19-17-40)52(10,11)44-20-22-45(56)23-21-44)53(50-35(5)27-32(2)47(38(50)8)41-14-12-24-54-29-41)51-36(6)28-33(3)48(39(51)9)42-15-13-25-55-30-42;1-21-16-23(3)34(27(7)32(21)30-12-10-14-40-19-30)38(36-25(5)18-26(6)37(39)29(36)9)35-24(4)17-22(2)33(28(35)8)31-13-11-15-41-20-31/h12-30,56H,1-11H3;10-20H,1-9H3. The molecular weight excluding hydrogens is 1240 g/mol. The lowest BCUT2D eigenvalue weighted by Crippen LogP contribution is -2.58. The van der Waals surface area contributed by atoms with Gasteiger partial charge in [0.25, 0.3) is 0 Å². The minimum atomic E-state index is -0.223. The molecule has 0 radical (unpaired) electrons. The van der Waals surface area contributed by atoms with Gasteiger partial charge < -0.3 is 5.11 Å². The van der Waals surface area contributed by atoms with Crippen molar-refractivity contribution in [3.05, 3.63) is 299 Å². The summed E-state index contributed by atoms with van der Waals surface area (Å²) in [4.78, 5) is 18.1. The quantitative estimate of drug-likeness (QED) is 0.117. The first-order valence-electron chi connectivity index (χ1n) is 34.0. The number of pyridine rings is 4. The number of rotatable bonds is 13. The number of benzene rings is 8. The van der Waals surface area contributed by atoms with Crippen molar-refractivity contribution in [3.8, 4) is 61.4 Å². The molecule has 0 amide bonds. The van der Waals surface area contributed by atoms with Crippen molar-refractivity contribution in [2.45, 2.75) is 144 Å². The molecule has 1 N–H and O–H groups in total. The molecule has 12 rings (SSSR count). The molecule has 4 aromatic heterocycles. The lowest BCUT2D eigenvalue weighted by Gasteiger charge is -2.31. The van der Waals surface area contributed by atoms with E-state index < -0.39 is 0 Å². The fourth-order valence-electron chi connectivity index (χ4n) is 17.1. The van der Waals surface area contributed by atoms with E-state index >= 15 is 0 Å². The summed E-state index contributed by atoms with van der Waals surface area (Å²) in [5.41, 5.74) is 45.9. The third-order valence-corrected chi connectivity index (χ3v) is 22.3. The SMILES string of the molecule is Cc1cc(C)c(-c2ccc(C(C)(C)c3ccc(O)cc3)cc2)c(C)c1B(c1c(C)cc(C)c(-c2cccnc2)c1C)c1c(C)cc(C)c(-c2cccnc2)c1C.Cc1cc(C)c(B(c2c(C)cc(C)c(-c3cccnc3)c2C)c2c(C)cc(C)c(-c3cccnc3)c2C)c(C)c1Br. The van der Waals surface area contributed by atoms with Crippen LogP contribution < -0.4 is 32.8 Å². The number of hydrogen-bond donors (Lipinski definition) is 1. The van der Waals surface area contributed by atoms with E-state index in [2.05, 4.69) is 259 Å². The first-order valence-corrected chi connectivity index (χ1v) is 34.8. The molecule has 4 heterocycles. The number of phenols is 1. The first kappa shape index (κ1) is 69.1. The Kier molecular flexibility index (Phi) is 20.0. The zero-order valence-electron chi connectivity index (χ0n) is 60.6. The molecule has 8 heteroatoms. The van der Waals surface area contributed by atoms with Gasteiger partial charge in [0.05, 0.1) is 0 Å². The zero-order chi connectivity index (χ0) is 69.6. The number of hydrogen-bond acceptors (Lipinski definition) is 5. The molecule has 5 nitrogen and oxygen atoms in total. The molecule has 0 bridgehead atoms. The van der Waals surface area contributed by atoms with Gasteiger partial charge >= 0.3 is 0 Å². The maximum Gasteiger partial charge on any atom is 0.243 e. The van der Waals surface area contributed by atoms with Crippen LogP contribution >= 0.6 is 15.9 Å². The normalized spacial score (nSPS) is 11.4. The number of nitrogens with zero attached hydrogens (tertiary/aromatic N) is 4. The fraction of sp³-hybridized carbons (Fsp3) is 0.236. The van der Waals surface area contributed by atoms with Crippen LogP contribution in [-0.4, -0.2) is 38.5 Å². The van der Waals surface area contributed by atoms with E-state index in [0.29, 0.717) is 0 Å². The van der Waals surface area contributed by atoms with Gasteiger partial charge in [0.2, 0.25) is 13.4 Å². The van der Waals surface area contributed by atoms with Gasteiger partial charge in [0.1, 0.15) is 5.75 Å². The summed E-state index contributed by atoms with van der Waals surface area (Å²) in [6, 6.07) is 47.9. The Morgan fingerprint density at radius 2 is 0.526 bits per heavy atom. The van der Waals surface area contributed by atoms with Crippen LogP contribution in [0.25, 0.3) is 55.6 Å². The van der Waals surface area contributed by atoms with Gasteiger partial charge in [-0.2, -0.15) is 0 Å². The molecule has 0 saturated heterocycles. The highest BCUT2D eigenvalue weighted by Gasteiger charge is 2.37. The smallest absolute Gasteiger partial charge is 0.243 e. The molecular formula is C89H91B2BrN4O. The summed E-state index contributed by atoms with van der Waals surface area (Å²) >= 11 is 3.96. The lowest BCUT2D eigenvalue weighted by molar-refractivity contribution is 0.474. The average molecular weight is 1330 g/mol. The summed E-state index contributed by atoms with van der Waals surface area (Å²) < 4.78 is 1.19. The molecule has 0 saturated carbocycles. The largest absolute Gasteiger partial charge is 0.508 e. The molecule has 0 spiro atoms. The van der Waals surface area contributed by atoms with Crippen LogP contribution in [0.4, 0.5) is 0 Å². The van der Waals surface area contributed by atoms with Crippen molar-refractivity contribution in [3.63, 3.8) is 0 Å². The molecule has 8 aromatic carbocycles. The monoisotopic (exact) mass is 1330 g/mol. The topological polar surface area (TPSA) is 71.8 Å². The molecule has 0 fully saturated rings. The van der Waals surface area contributed by atoms with Gasteiger partial charge in [-0.05, 0) is 272 Å². The third-order valence-electron chi connectivity index (χ3n) is 21.1. The van der Waals surface area contributed by atoms with Gasteiger partial charge in [-0.3, -0.25) is 19.9 Å². The minimum Gasteiger partial charge on any atom is -0.508 e. The Bertz CT molecular complexity index is 4770. The van der Waals surface area contributed by atoms with E-state index in [1.165, 1.54) is 182 Å². The highest BCUT2D eigenvalue weighted by Crippen LogP contribution is 2.38.